The van der Waals surface area contributed by atoms with Gasteiger partial charge in [-0.25, -0.2) is 9.67 Å². The highest BCUT2D eigenvalue weighted by Crippen LogP contribution is 2.25. The molecule has 1 aliphatic heterocycles. The van der Waals surface area contributed by atoms with Crippen molar-refractivity contribution in [2.75, 3.05) is 19.6 Å². The van der Waals surface area contributed by atoms with Gasteiger partial charge in [-0.3, -0.25) is 9.69 Å². The van der Waals surface area contributed by atoms with Crippen molar-refractivity contribution >= 4 is 5.91 Å². The van der Waals surface area contributed by atoms with Crippen LogP contribution in [-0.2, 0) is 11.3 Å². The molecule has 6 nitrogen and oxygen atoms in total. The number of unbranched alkanes of at least 4 members (excludes halogenated alkanes) is 1. The van der Waals surface area contributed by atoms with Gasteiger partial charge in [0.15, 0.2) is 0 Å². The lowest BCUT2D eigenvalue weighted by atomic mass is 9.97. The zero-order valence-electron chi connectivity index (χ0n) is 12.5. The number of nitrogens with two attached hydrogens (primary N) is 1. The largest absolute Gasteiger partial charge is 0.369 e. The van der Waals surface area contributed by atoms with E-state index >= 15 is 0 Å². The fourth-order valence-electron chi connectivity index (χ4n) is 2.88. The Morgan fingerprint density at radius 3 is 3.00 bits per heavy atom. The molecule has 0 spiro atoms. The van der Waals surface area contributed by atoms with Crippen LogP contribution in [0, 0.1) is 6.92 Å². The molecule has 1 saturated heterocycles. The minimum Gasteiger partial charge on any atom is -0.369 e. The van der Waals surface area contributed by atoms with Gasteiger partial charge in [0.25, 0.3) is 0 Å². The molecule has 112 valence electrons. The highest BCUT2D eigenvalue weighted by atomic mass is 16.1. The molecule has 1 atom stereocenters. The monoisotopic (exact) mass is 279 g/mol. The van der Waals surface area contributed by atoms with Crippen molar-refractivity contribution in [2.24, 2.45) is 5.73 Å². The molecule has 0 saturated carbocycles. The van der Waals surface area contributed by atoms with Crippen LogP contribution in [0.1, 0.15) is 50.2 Å². The van der Waals surface area contributed by atoms with E-state index in [1.807, 2.05) is 6.92 Å². The molecule has 1 aliphatic rings. The van der Waals surface area contributed by atoms with Crippen molar-refractivity contribution in [3.8, 4) is 0 Å². The molecular weight excluding hydrogens is 254 g/mol. The highest BCUT2D eigenvalue weighted by molar-refractivity contribution is 5.75. The van der Waals surface area contributed by atoms with Gasteiger partial charge in [0.1, 0.15) is 11.6 Å². The van der Waals surface area contributed by atoms with E-state index in [9.17, 15) is 4.79 Å². The topological polar surface area (TPSA) is 77.0 Å². The standard InChI is InChI=1S/C14H25N5O/c1-3-4-8-19-14(16-11(2)17-19)12-6-5-7-18(9-12)10-13(15)20/h12H,3-10H2,1-2H3,(H2,15,20)/t12-/m0/s1. The van der Waals surface area contributed by atoms with Crippen LogP contribution in [0.25, 0.3) is 0 Å². The van der Waals surface area contributed by atoms with Crippen LogP contribution in [0.4, 0.5) is 0 Å². The van der Waals surface area contributed by atoms with Crippen LogP contribution in [0.2, 0.25) is 0 Å². The lowest BCUT2D eigenvalue weighted by molar-refractivity contribution is -0.119. The molecule has 20 heavy (non-hydrogen) atoms. The van der Waals surface area contributed by atoms with Gasteiger partial charge in [0.05, 0.1) is 6.54 Å². The van der Waals surface area contributed by atoms with Crippen molar-refractivity contribution in [2.45, 2.75) is 52.0 Å². The summed E-state index contributed by atoms with van der Waals surface area (Å²) in [4.78, 5) is 17.8. The number of primary amides is 1. The fourth-order valence-corrected chi connectivity index (χ4v) is 2.88. The van der Waals surface area contributed by atoms with Crippen molar-refractivity contribution < 1.29 is 4.79 Å². The van der Waals surface area contributed by atoms with E-state index in [1.165, 1.54) is 0 Å². The average molecular weight is 279 g/mol. The van der Waals surface area contributed by atoms with E-state index < -0.39 is 0 Å². The Morgan fingerprint density at radius 1 is 1.50 bits per heavy atom. The molecule has 1 aromatic rings. The molecule has 0 aromatic carbocycles. The number of carbonyl (C=O) groups is 1. The lowest BCUT2D eigenvalue weighted by Crippen LogP contribution is -2.40. The predicted molar refractivity (Wildman–Crippen MR) is 77.3 cm³/mol. The average Bonchev–Trinajstić information content (AvgIpc) is 2.77. The number of hydrogen-bond donors (Lipinski definition) is 1. The van der Waals surface area contributed by atoms with Gasteiger partial charge in [-0.05, 0) is 32.7 Å². The summed E-state index contributed by atoms with van der Waals surface area (Å²) in [6, 6.07) is 0. The van der Waals surface area contributed by atoms with Gasteiger partial charge in [0.2, 0.25) is 5.91 Å². The smallest absolute Gasteiger partial charge is 0.231 e. The Balaban J connectivity index is 2.07. The van der Waals surface area contributed by atoms with Crippen LogP contribution in [0.15, 0.2) is 0 Å². The molecule has 1 aromatic heterocycles. The van der Waals surface area contributed by atoms with Gasteiger partial charge in [-0.2, -0.15) is 5.10 Å². The van der Waals surface area contributed by atoms with Crippen LogP contribution >= 0.6 is 0 Å². The Bertz CT molecular complexity index is 456. The third-order valence-electron chi connectivity index (χ3n) is 3.78. The van der Waals surface area contributed by atoms with E-state index in [2.05, 4.69) is 26.6 Å². The maximum atomic E-state index is 11.1. The summed E-state index contributed by atoms with van der Waals surface area (Å²) in [5, 5.41) is 4.50. The van der Waals surface area contributed by atoms with Crippen molar-refractivity contribution in [1.82, 2.24) is 19.7 Å². The molecule has 0 radical (unpaired) electrons. The zero-order valence-corrected chi connectivity index (χ0v) is 12.5. The molecular formula is C14H25N5O. The molecule has 0 bridgehead atoms. The van der Waals surface area contributed by atoms with E-state index in [-0.39, 0.29) is 5.91 Å². The zero-order chi connectivity index (χ0) is 14.5. The number of aromatic nitrogens is 3. The number of piperidine rings is 1. The predicted octanol–water partition coefficient (Wildman–Crippen LogP) is 1.05. The number of aryl methyl sites for hydroxylation is 2. The van der Waals surface area contributed by atoms with Gasteiger partial charge in [0, 0.05) is 19.0 Å². The second kappa shape index (κ2) is 6.83. The van der Waals surface area contributed by atoms with Crippen LogP contribution < -0.4 is 5.73 Å². The summed E-state index contributed by atoms with van der Waals surface area (Å²) in [6.07, 6.45) is 4.46. The Labute approximate surface area is 120 Å². The number of likely N-dealkylation sites (tertiary alicyclic amines) is 1. The first-order valence-corrected chi connectivity index (χ1v) is 7.52. The number of rotatable bonds is 6. The number of amides is 1. The quantitative estimate of drug-likeness (QED) is 0.844. The van der Waals surface area contributed by atoms with Gasteiger partial charge >= 0.3 is 0 Å². The molecule has 2 N–H and O–H groups in total. The molecule has 1 fully saturated rings. The molecule has 1 amide bonds. The van der Waals surface area contributed by atoms with Crippen LogP contribution in [0.3, 0.4) is 0 Å². The first-order chi connectivity index (χ1) is 9.60. The maximum absolute atomic E-state index is 11.1. The fraction of sp³-hybridized carbons (Fsp3) is 0.786. The Hall–Kier alpha value is -1.43. The van der Waals surface area contributed by atoms with Crippen LogP contribution in [-0.4, -0.2) is 45.2 Å². The molecule has 2 rings (SSSR count). The van der Waals surface area contributed by atoms with Crippen molar-refractivity contribution in [3.05, 3.63) is 11.6 Å². The van der Waals surface area contributed by atoms with E-state index in [4.69, 9.17) is 5.73 Å². The summed E-state index contributed by atoms with van der Waals surface area (Å²) in [7, 11) is 0. The van der Waals surface area contributed by atoms with Crippen molar-refractivity contribution in [3.63, 3.8) is 0 Å². The molecule has 0 unspecified atom stereocenters. The first-order valence-electron chi connectivity index (χ1n) is 7.52. The molecule has 6 heteroatoms. The van der Waals surface area contributed by atoms with Gasteiger partial charge in [-0.15, -0.1) is 0 Å². The van der Waals surface area contributed by atoms with Gasteiger partial charge in [-0.1, -0.05) is 13.3 Å². The third kappa shape index (κ3) is 3.79. The minimum absolute atomic E-state index is 0.255. The van der Waals surface area contributed by atoms with Gasteiger partial charge < -0.3 is 5.73 Å². The number of hydrogen-bond acceptors (Lipinski definition) is 4. The summed E-state index contributed by atoms with van der Waals surface area (Å²) in [5.41, 5.74) is 5.29. The van der Waals surface area contributed by atoms with Crippen molar-refractivity contribution in [1.29, 1.82) is 0 Å². The van der Waals surface area contributed by atoms with E-state index in [1.54, 1.807) is 0 Å². The number of nitrogens with zero attached hydrogens (tertiary/aromatic N) is 4. The second-order valence-electron chi connectivity index (χ2n) is 5.63. The molecule has 2 heterocycles. The second-order valence-corrected chi connectivity index (χ2v) is 5.63. The SMILES string of the molecule is CCCCn1nc(C)nc1[C@H]1CCCN(CC(N)=O)C1. The number of carbonyl (C=O) groups excluding carboxylic acids is 1. The normalized spacial score (nSPS) is 20.2. The van der Waals surface area contributed by atoms with E-state index in [0.717, 1.165) is 57.0 Å². The summed E-state index contributed by atoms with van der Waals surface area (Å²) in [5.74, 6) is 2.02. The first kappa shape index (κ1) is 15.0. The lowest BCUT2D eigenvalue weighted by Gasteiger charge is -2.31. The van der Waals surface area contributed by atoms with Crippen LogP contribution in [0.5, 0.6) is 0 Å². The summed E-state index contributed by atoms with van der Waals surface area (Å²) >= 11 is 0. The maximum Gasteiger partial charge on any atom is 0.231 e. The highest BCUT2D eigenvalue weighted by Gasteiger charge is 2.26. The molecule has 0 aliphatic carbocycles. The third-order valence-corrected chi connectivity index (χ3v) is 3.78. The minimum atomic E-state index is -0.255. The van der Waals surface area contributed by atoms with E-state index in [0.29, 0.717) is 12.5 Å². The summed E-state index contributed by atoms with van der Waals surface area (Å²) in [6.45, 7) is 7.20. The Morgan fingerprint density at radius 2 is 2.30 bits per heavy atom. The Kier molecular flexibility index (Phi) is 5.11. The summed E-state index contributed by atoms with van der Waals surface area (Å²) < 4.78 is 2.05.